The number of halogens is 1. The number of amides is 2. The summed E-state index contributed by atoms with van der Waals surface area (Å²) in [6.45, 7) is 6.72. The van der Waals surface area contributed by atoms with Crippen LogP contribution in [0.1, 0.15) is 35.8 Å². The topological polar surface area (TPSA) is 74.5 Å². The third kappa shape index (κ3) is 5.24. The molecule has 1 unspecified atom stereocenters. The van der Waals surface area contributed by atoms with E-state index in [4.69, 9.17) is 16.1 Å². The average Bonchev–Trinajstić information content (AvgIpc) is 3.25. The van der Waals surface area contributed by atoms with Gasteiger partial charge in [0, 0.05) is 43.3 Å². The Labute approximate surface area is 187 Å². The van der Waals surface area contributed by atoms with Crippen molar-refractivity contribution in [1.82, 2.24) is 19.9 Å². The van der Waals surface area contributed by atoms with Gasteiger partial charge in [0.25, 0.3) is 0 Å². The lowest BCUT2D eigenvalue weighted by Gasteiger charge is -2.36. The number of hydrogen-bond acceptors (Lipinski definition) is 5. The number of carbonyl (C=O) groups is 1. The van der Waals surface area contributed by atoms with Crippen LogP contribution in [0.2, 0.25) is 5.02 Å². The van der Waals surface area contributed by atoms with Gasteiger partial charge >= 0.3 is 6.03 Å². The van der Waals surface area contributed by atoms with Crippen molar-refractivity contribution in [3.05, 3.63) is 76.4 Å². The monoisotopic (exact) mass is 439 g/mol. The standard InChI is InChI=1S/C23H26ClN5O2/c1-16-8-9-19(15-20(16)24)25-23(30)29-12-10-28(11-13-29)17(2)22-26-21(27-31-22)14-18-6-4-3-5-7-18/h3-9,15,17H,10-14H2,1-2H3,(H,25,30). The number of benzene rings is 2. The summed E-state index contributed by atoms with van der Waals surface area (Å²) in [5.41, 5.74) is 2.83. The molecule has 31 heavy (non-hydrogen) atoms. The highest BCUT2D eigenvalue weighted by molar-refractivity contribution is 6.31. The number of urea groups is 1. The molecule has 0 spiro atoms. The molecule has 1 aliphatic rings. The zero-order valence-electron chi connectivity index (χ0n) is 17.7. The first-order valence-corrected chi connectivity index (χ1v) is 10.8. The maximum atomic E-state index is 12.6. The normalized spacial score (nSPS) is 15.6. The van der Waals surface area contributed by atoms with E-state index in [-0.39, 0.29) is 12.1 Å². The minimum Gasteiger partial charge on any atom is -0.338 e. The molecule has 1 aliphatic heterocycles. The Morgan fingerprint density at radius 3 is 2.61 bits per heavy atom. The largest absolute Gasteiger partial charge is 0.338 e. The smallest absolute Gasteiger partial charge is 0.321 e. The lowest BCUT2D eigenvalue weighted by molar-refractivity contribution is 0.104. The summed E-state index contributed by atoms with van der Waals surface area (Å²) >= 11 is 6.15. The van der Waals surface area contributed by atoms with Gasteiger partial charge in [-0.05, 0) is 37.1 Å². The number of hydrogen-bond donors (Lipinski definition) is 1. The van der Waals surface area contributed by atoms with Crippen molar-refractivity contribution in [3.63, 3.8) is 0 Å². The number of piperazine rings is 1. The molecule has 0 saturated carbocycles. The van der Waals surface area contributed by atoms with E-state index in [2.05, 4.69) is 27.3 Å². The number of nitrogens with one attached hydrogen (secondary N) is 1. The predicted molar refractivity (Wildman–Crippen MR) is 120 cm³/mol. The van der Waals surface area contributed by atoms with Gasteiger partial charge in [-0.25, -0.2) is 4.79 Å². The van der Waals surface area contributed by atoms with Crippen LogP contribution in [-0.2, 0) is 6.42 Å². The second-order valence-electron chi connectivity index (χ2n) is 7.80. The van der Waals surface area contributed by atoms with Gasteiger partial charge in [-0.15, -0.1) is 0 Å². The van der Waals surface area contributed by atoms with E-state index in [0.29, 0.717) is 41.9 Å². The minimum atomic E-state index is -0.116. The van der Waals surface area contributed by atoms with E-state index in [1.165, 1.54) is 0 Å². The number of rotatable bonds is 5. The third-order valence-electron chi connectivity index (χ3n) is 5.62. The molecule has 2 heterocycles. The van der Waals surface area contributed by atoms with E-state index in [1.54, 1.807) is 6.07 Å². The predicted octanol–water partition coefficient (Wildman–Crippen LogP) is 4.53. The number of nitrogens with zero attached hydrogens (tertiary/aromatic N) is 4. The molecule has 1 saturated heterocycles. The SMILES string of the molecule is Cc1ccc(NC(=O)N2CCN(C(C)c3nc(Cc4ccccc4)no3)CC2)cc1Cl. The van der Waals surface area contributed by atoms with Crippen LogP contribution in [0.5, 0.6) is 0 Å². The molecule has 2 amide bonds. The molecule has 162 valence electrons. The first kappa shape index (κ1) is 21.3. The van der Waals surface area contributed by atoms with Crippen molar-refractivity contribution in [2.45, 2.75) is 26.3 Å². The van der Waals surface area contributed by atoms with Gasteiger partial charge in [0.15, 0.2) is 5.82 Å². The maximum absolute atomic E-state index is 12.6. The Morgan fingerprint density at radius 1 is 1.16 bits per heavy atom. The van der Waals surface area contributed by atoms with E-state index < -0.39 is 0 Å². The maximum Gasteiger partial charge on any atom is 0.321 e. The zero-order chi connectivity index (χ0) is 21.8. The van der Waals surface area contributed by atoms with Crippen molar-refractivity contribution in [2.24, 2.45) is 0 Å². The molecule has 8 heteroatoms. The quantitative estimate of drug-likeness (QED) is 0.632. The fourth-order valence-electron chi connectivity index (χ4n) is 3.63. The fourth-order valence-corrected chi connectivity index (χ4v) is 3.81. The molecule has 4 rings (SSSR count). The second kappa shape index (κ2) is 9.49. The van der Waals surface area contributed by atoms with Crippen molar-refractivity contribution in [3.8, 4) is 0 Å². The van der Waals surface area contributed by atoms with Crippen LogP contribution in [0.3, 0.4) is 0 Å². The first-order chi connectivity index (χ1) is 15.0. The molecule has 0 aliphatic carbocycles. The van der Waals surface area contributed by atoms with Gasteiger partial charge in [0.2, 0.25) is 5.89 Å². The van der Waals surface area contributed by atoms with Crippen LogP contribution in [0.15, 0.2) is 53.1 Å². The molecular weight excluding hydrogens is 414 g/mol. The summed E-state index contributed by atoms with van der Waals surface area (Å²) < 4.78 is 5.52. The highest BCUT2D eigenvalue weighted by Crippen LogP contribution is 2.23. The van der Waals surface area contributed by atoms with Crippen molar-refractivity contribution in [2.75, 3.05) is 31.5 Å². The lowest BCUT2D eigenvalue weighted by atomic mass is 10.1. The van der Waals surface area contributed by atoms with Gasteiger partial charge in [-0.1, -0.05) is 53.2 Å². The molecule has 1 N–H and O–H groups in total. The van der Waals surface area contributed by atoms with E-state index in [1.807, 2.05) is 54.3 Å². The average molecular weight is 440 g/mol. The summed E-state index contributed by atoms with van der Waals surface area (Å²) in [6, 6.07) is 15.5. The van der Waals surface area contributed by atoms with E-state index in [9.17, 15) is 4.79 Å². The van der Waals surface area contributed by atoms with Crippen LogP contribution in [0.25, 0.3) is 0 Å². The molecule has 2 aromatic carbocycles. The van der Waals surface area contributed by atoms with Crippen LogP contribution in [0.4, 0.5) is 10.5 Å². The molecular formula is C23H26ClN5O2. The van der Waals surface area contributed by atoms with Gasteiger partial charge in [-0.2, -0.15) is 4.98 Å². The summed E-state index contributed by atoms with van der Waals surface area (Å²) in [4.78, 5) is 21.2. The Hall–Kier alpha value is -2.90. The molecule has 3 aromatic rings. The van der Waals surface area contributed by atoms with Crippen LogP contribution in [0, 0.1) is 6.92 Å². The van der Waals surface area contributed by atoms with E-state index >= 15 is 0 Å². The Kier molecular flexibility index (Phi) is 6.53. The molecule has 1 aromatic heterocycles. The summed E-state index contributed by atoms with van der Waals surface area (Å²) in [5, 5.41) is 7.70. The van der Waals surface area contributed by atoms with Gasteiger partial charge in [-0.3, -0.25) is 4.90 Å². The lowest BCUT2D eigenvalue weighted by Crippen LogP contribution is -2.50. The summed E-state index contributed by atoms with van der Waals surface area (Å²) in [6.07, 6.45) is 0.647. The molecule has 1 fully saturated rings. The van der Waals surface area contributed by atoms with E-state index in [0.717, 1.165) is 24.2 Å². The van der Waals surface area contributed by atoms with Crippen molar-refractivity contribution >= 4 is 23.3 Å². The Morgan fingerprint density at radius 2 is 1.90 bits per heavy atom. The van der Waals surface area contributed by atoms with Crippen LogP contribution in [-0.4, -0.2) is 52.2 Å². The number of aryl methyl sites for hydroxylation is 1. The highest BCUT2D eigenvalue weighted by Gasteiger charge is 2.27. The zero-order valence-corrected chi connectivity index (χ0v) is 18.5. The van der Waals surface area contributed by atoms with Crippen LogP contribution >= 0.6 is 11.6 Å². The number of carbonyl (C=O) groups excluding carboxylic acids is 1. The molecule has 7 nitrogen and oxygen atoms in total. The third-order valence-corrected chi connectivity index (χ3v) is 6.03. The van der Waals surface area contributed by atoms with Gasteiger partial charge in [0.05, 0.1) is 6.04 Å². The molecule has 0 radical (unpaired) electrons. The molecule has 1 atom stereocenters. The van der Waals surface area contributed by atoms with Crippen LogP contribution < -0.4 is 5.32 Å². The summed E-state index contributed by atoms with van der Waals surface area (Å²) in [7, 11) is 0. The highest BCUT2D eigenvalue weighted by atomic mass is 35.5. The number of aromatic nitrogens is 2. The number of anilines is 1. The van der Waals surface area contributed by atoms with Gasteiger partial charge < -0.3 is 14.7 Å². The molecule has 0 bridgehead atoms. The van der Waals surface area contributed by atoms with Crippen molar-refractivity contribution in [1.29, 1.82) is 0 Å². The Balaban J connectivity index is 1.30. The Bertz CT molecular complexity index is 1030. The minimum absolute atomic E-state index is 0.00172. The van der Waals surface area contributed by atoms with Crippen molar-refractivity contribution < 1.29 is 9.32 Å². The second-order valence-corrected chi connectivity index (χ2v) is 8.21. The first-order valence-electron chi connectivity index (χ1n) is 10.4. The summed E-state index contributed by atoms with van der Waals surface area (Å²) in [5.74, 6) is 1.29. The fraction of sp³-hybridized carbons (Fsp3) is 0.348. The van der Waals surface area contributed by atoms with Gasteiger partial charge in [0.1, 0.15) is 0 Å².